The first kappa shape index (κ1) is 9.85. The standard InChI is InChI=1S/C11H15BrN2O/c12-11-9-5-6-15-7-10(9)13-14(11)8-3-1-2-4-8/h8H,1-7H2. The van der Waals surface area contributed by atoms with Crippen molar-refractivity contribution in [3.63, 3.8) is 0 Å². The van der Waals surface area contributed by atoms with Gasteiger partial charge < -0.3 is 4.74 Å². The quantitative estimate of drug-likeness (QED) is 0.785. The van der Waals surface area contributed by atoms with E-state index in [4.69, 9.17) is 4.74 Å². The van der Waals surface area contributed by atoms with Crippen molar-refractivity contribution in [2.75, 3.05) is 6.61 Å². The number of aromatic nitrogens is 2. The lowest BCUT2D eigenvalue weighted by Crippen LogP contribution is -2.08. The first-order valence-electron chi connectivity index (χ1n) is 5.70. The van der Waals surface area contributed by atoms with Crippen LogP contribution in [0.25, 0.3) is 0 Å². The topological polar surface area (TPSA) is 27.1 Å². The molecule has 0 radical (unpaired) electrons. The highest BCUT2D eigenvalue weighted by Gasteiger charge is 2.25. The van der Waals surface area contributed by atoms with E-state index >= 15 is 0 Å². The van der Waals surface area contributed by atoms with E-state index in [1.165, 1.54) is 35.8 Å². The average molecular weight is 271 g/mol. The molecule has 4 heteroatoms. The molecule has 3 nitrogen and oxygen atoms in total. The molecule has 2 heterocycles. The summed E-state index contributed by atoms with van der Waals surface area (Å²) in [6, 6.07) is 0.616. The Labute approximate surface area is 97.9 Å². The Bertz CT molecular complexity index is 369. The van der Waals surface area contributed by atoms with Gasteiger partial charge in [-0.2, -0.15) is 5.10 Å². The Kier molecular flexibility index (Phi) is 2.56. The highest BCUT2D eigenvalue weighted by molar-refractivity contribution is 9.10. The van der Waals surface area contributed by atoms with Crippen molar-refractivity contribution < 1.29 is 4.74 Å². The lowest BCUT2D eigenvalue weighted by atomic mass is 10.1. The van der Waals surface area contributed by atoms with Crippen LogP contribution >= 0.6 is 15.9 Å². The zero-order chi connectivity index (χ0) is 10.3. The molecule has 1 aliphatic carbocycles. The third-order valence-corrected chi connectivity index (χ3v) is 4.27. The van der Waals surface area contributed by atoms with Gasteiger partial charge in [-0.3, -0.25) is 4.68 Å². The fourth-order valence-corrected chi connectivity index (χ4v) is 3.38. The van der Waals surface area contributed by atoms with Gasteiger partial charge >= 0.3 is 0 Å². The highest BCUT2D eigenvalue weighted by Crippen LogP contribution is 2.34. The Hall–Kier alpha value is -0.350. The van der Waals surface area contributed by atoms with Crippen LogP contribution in [0, 0.1) is 0 Å². The molecule has 1 saturated carbocycles. The number of ether oxygens (including phenoxy) is 1. The molecule has 0 aromatic carbocycles. The maximum absolute atomic E-state index is 5.43. The summed E-state index contributed by atoms with van der Waals surface area (Å²) < 4.78 is 8.82. The number of rotatable bonds is 1. The van der Waals surface area contributed by atoms with E-state index in [0.717, 1.165) is 18.7 Å². The van der Waals surface area contributed by atoms with Gasteiger partial charge in [-0.05, 0) is 28.8 Å². The maximum Gasteiger partial charge on any atom is 0.108 e. The van der Waals surface area contributed by atoms with Crippen LogP contribution in [0.2, 0.25) is 0 Å². The number of hydrogen-bond acceptors (Lipinski definition) is 2. The van der Waals surface area contributed by atoms with Crippen molar-refractivity contribution in [2.24, 2.45) is 0 Å². The van der Waals surface area contributed by atoms with Gasteiger partial charge in [-0.15, -0.1) is 0 Å². The fraction of sp³-hybridized carbons (Fsp3) is 0.727. The molecule has 0 bridgehead atoms. The first-order valence-corrected chi connectivity index (χ1v) is 6.49. The minimum Gasteiger partial charge on any atom is -0.375 e. The van der Waals surface area contributed by atoms with Gasteiger partial charge in [-0.25, -0.2) is 0 Å². The largest absolute Gasteiger partial charge is 0.375 e. The second kappa shape index (κ2) is 3.91. The average Bonchev–Trinajstić information content (AvgIpc) is 2.87. The van der Waals surface area contributed by atoms with E-state index in [-0.39, 0.29) is 0 Å². The van der Waals surface area contributed by atoms with Gasteiger partial charge in [0, 0.05) is 12.0 Å². The van der Waals surface area contributed by atoms with Gasteiger partial charge in [0.1, 0.15) is 4.60 Å². The molecule has 1 fully saturated rings. The Morgan fingerprint density at radius 2 is 2.13 bits per heavy atom. The molecule has 3 rings (SSSR count). The van der Waals surface area contributed by atoms with E-state index in [2.05, 4.69) is 25.7 Å². The van der Waals surface area contributed by atoms with Crippen LogP contribution in [0.4, 0.5) is 0 Å². The predicted molar refractivity (Wildman–Crippen MR) is 60.8 cm³/mol. The summed E-state index contributed by atoms with van der Waals surface area (Å²) in [6.07, 6.45) is 6.25. The van der Waals surface area contributed by atoms with Crippen molar-refractivity contribution >= 4 is 15.9 Å². The van der Waals surface area contributed by atoms with Crippen molar-refractivity contribution in [1.82, 2.24) is 9.78 Å². The first-order chi connectivity index (χ1) is 7.36. The van der Waals surface area contributed by atoms with Crippen LogP contribution in [-0.4, -0.2) is 16.4 Å². The highest BCUT2D eigenvalue weighted by atomic mass is 79.9. The molecule has 2 aliphatic rings. The van der Waals surface area contributed by atoms with Crippen LogP contribution in [0.1, 0.15) is 43.0 Å². The van der Waals surface area contributed by atoms with Crippen LogP contribution in [0.3, 0.4) is 0 Å². The van der Waals surface area contributed by atoms with Crippen LogP contribution in [0.5, 0.6) is 0 Å². The number of nitrogens with zero attached hydrogens (tertiary/aromatic N) is 2. The molecule has 1 aliphatic heterocycles. The lowest BCUT2D eigenvalue weighted by molar-refractivity contribution is 0.107. The molecule has 0 saturated heterocycles. The molecule has 0 spiro atoms. The molecular formula is C11H15BrN2O. The third-order valence-electron chi connectivity index (χ3n) is 3.43. The lowest BCUT2D eigenvalue weighted by Gasteiger charge is -2.11. The van der Waals surface area contributed by atoms with Gasteiger partial charge in [0.05, 0.1) is 24.9 Å². The second-order valence-corrected chi connectivity index (χ2v) is 5.15. The molecule has 15 heavy (non-hydrogen) atoms. The molecule has 0 atom stereocenters. The van der Waals surface area contributed by atoms with Gasteiger partial charge in [-0.1, -0.05) is 12.8 Å². The molecule has 0 N–H and O–H groups in total. The summed E-state index contributed by atoms with van der Waals surface area (Å²) in [4.78, 5) is 0. The van der Waals surface area contributed by atoms with E-state index in [1.54, 1.807) is 0 Å². The van der Waals surface area contributed by atoms with E-state index < -0.39 is 0 Å². The van der Waals surface area contributed by atoms with E-state index in [9.17, 15) is 0 Å². The smallest absolute Gasteiger partial charge is 0.108 e. The maximum atomic E-state index is 5.43. The fourth-order valence-electron chi connectivity index (χ4n) is 2.59. The summed E-state index contributed by atoms with van der Waals surface area (Å²) in [6.45, 7) is 1.52. The molecule has 0 unspecified atom stereocenters. The molecule has 82 valence electrons. The Balaban J connectivity index is 1.97. The number of halogens is 1. The van der Waals surface area contributed by atoms with Crippen molar-refractivity contribution in [1.29, 1.82) is 0 Å². The van der Waals surface area contributed by atoms with Crippen molar-refractivity contribution in [3.8, 4) is 0 Å². The van der Waals surface area contributed by atoms with E-state index in [0.29, 0.717) is 12.6 Å². The predicted octanol–water partition coefficient (Wildman–Crippen LogP) is 2.83. The normalized spacial score (nSPS) is 21.9. The van der Waals surface area contributed by atoms with Gasteiger partial charge in [0.15, 0.2) is 0 Å². The number of hydrogen-bond donors (Lipinski definition) is 0. The molecule has 0 amide bonds. The summed E-state index contributed by atoms with van der Waals surface area (Å²) >= 11 is 3.69. The van der Waals surface area contributed by atoms with Gasteiger partial charge in [0.2, 0.25) is 0 Å². The van der Waals surface area contributed by atoms with Gasteiger partial charge in [0.25, 0.3) is 0 Å². The van der Waals surface area contributed by atoms with Crippen LogP contribution < -0.4 is 0 Å². The SMILES string of the molecule is Brc1c2c(nn1C1CCCC1)COCC2. The minimum atomic E-state index is 0.616. The summed E-state index contributed by atoms with van der Waals surface area (Å²) in [5, 5.41) is 4.68. The zero-order valence-electron chi connectivity index (χ0n) is 8.71. The number of fused-ring (bicyclic) bond motifs is 1. The minimum absolute atomic E-state index is 0.616. The molecular weight excluding hydrogens is 256 g/mol. The summed E-state index contributed by atoms with van der Waals surface area (Å²) in [5.41, 5.74) is 2.51. The monoisotopic (exact) mass is 270 g/mol. The van der Waals surface area contributed by atoms with Crippen LogP contribution in [0.15, 0.2) is 4.60 Å². The Morgan fingerprint density at radius 3 is 2.87 bits per heavy atom. The third kappa shape index (κ3) is 1.64. The van der Waals surface area contributed by atoms with Crippen molar-refractivity contribution in [3.05, 3.63) is 15.9 Å². The van der Waals surface area contributed by atoms with E-state index in [1.807, 2.05) is 0 Å². The molecule has 1 aromatic rings. The summed E-state index contributed by atoms with van der Waals surface area (Å²) in [5.74, 6) is 0. The van der Waals surface area contributed by atoms with Crippen LogP contribution in [-0.2, 0) is 17.8 Å². The molecule has 1 aromatic heterocycles. The Morgan fingerprint density at radius 1 is 1.33 bits per heavy atom. The second-order valence-electron chi connectivity index (χ2n) is 4.40. The zero-order valence-corrected chi connectivity index (χ0v) is 10.3. The van der Waals surface area contributed by atoms with Crippen molar-refractivity contribution in [2.45, 2.75) is 44.8 Å². The summed E-state index contributed by atoms with van der Waals surface area (Å²) in [7, 11) is 0.